The SMILES string of the molecule is N#Cc1ccc(NC(=O)[C@@H]2CC(c3ccc([N+](=O)[O-])c(Cl)c3)[C@H](C(F)(F)F)N2)c(F)c1. The molecule has 7 nitrogen and oxygen atoms in total. The van der Waals surface area contributed by atoms with Crippen molar-refractivity contribution in [3.63, 3.8) is 0 Å². The quantitative estimate of drug-likeness (QED) is 0.405. The lowest BCUT2D eigenvalue weighted by molar-refractivity contribution is -0.384. The van der Waals surface area contributed by atoms with Crippen LogP contribution in [0.15, 0.2) is 36.4 Å². The predicted molar refractivity (Wildman–Crippen MR) is 102 cm³/mol. The molecule has 0 spiro atoms. The number of nitro groups is 1. The summed E-state index contributed by atoms with van der Waals surface area (Å²) in [4.78, 5) is 22.6. The van der Waals surface area contributed by atoms with Gasteiger partial charge in [0, 0.05) is 12.0 Å². The highest BCUT2D eigenvalue weighted by Gasteiger charge is 2.52. The summed E-state index contributed by atoms with van der Waals surface area (Å²) in [6.45, 7) is 0. The molecule has 2 N–H and O–H groups in total. The maximum atomic E-state index is 14.0. The Hall–Kier alpha value is -3.23. The minimum Gasteiger partial charge on any atom is -0.322 e. The standard InChI is InChI=1S/C19H13ClF4N4O3/c20-12-6-10(2-4-16(12)28(30)31)11-7-15(26-17(11)19(22,23)24)18(29)27-14-3-1-9(8-25)5-13(14)21/h1-6,11,15,17,26H,7H2,(H,27,29)/t11?,15-,17+/m0/s1. The molecule has 0 aromatic heterocycles. The molecule has 12 heteroatoms. The van der Waals surface area contributed by atoms with Crippen molar-refractivity contribution in [2.45, 2.75) is 30.6 Å². The average molecular weight is 457 g/mol. The van der Waals surface area contributed by atoms with Crippen LogP contribution in [0.4, 0.5) is 28.9 Å². The van der Waals surface area contributed by atoms with Gasteiger partial charge in [0.05, 0.1) is 28.3 Å². The van der Waals surface area contributed by atoms with E-state index in [1.165, 1.54) is 6.07 Å². The maximum Gasteiger partial charge on any atom is 0.404 e. The van der Waals surface area contributed by atoms with Gasteiger partial charge in [0.25, 0.3) is 5.69 Å². The number of nitrogens with zero attached hydrogens (tertiary/aromatic N) is 2. The van der Waals surface area contributed by atoms with Gasteiger partial charge in [-0.2, -0.15) is 18.4 Å². The predicted octanol–water partition coefficient (Wildman–Crippen LogP) is 4.27. The normalized spacial score (nSPS) is 20.8. The highest BCUT2D eigenvalue weighted by molar-refractivity contribution is 6.32. The fourth-order valence-electron chi connectivity index (χ4n) is 3.43. The summed E-state index contributed by atoms with van der Waals surface area (Å²) < 4.78 is 54.8. The molecule has 0 aliphatic carbocycles. The first-order chi connectivity index (χ1) is 14.5. The molecule has 0 radical (unpaired) electrons. The second-order valence-corrected chi connectivity index (χ2v) is 7.25. The number of hydrogen-bond acceptors (Lipinski definition) is 5. The van der Waals surface area contributed by atoms with E-state index in [0.29, 0.717) is 0 Å². The number of benzene rings is 2. The van der Waals surface area contributed by atoms with Crippen molar-refractivity contribution in [1.82, 2.24) is 5.32 Å². The molecule has 31 heavy (non-hydrogen) atoms. The third-order valence-electron chi connectivity index (χ3n) is 4.89. The molecular weight excluding hydrogens is 444 g/mol. The molecule has 1 saturated heterocycles. The number of nitriles is 1. The first kappa shape index (κ1) is 22.5. The van der Waals surface area contributed by atoms with Gasteiger partial charge in [-0.25, -0.2) is 4.39 Å². The van der Waals surface area contributed by atoms with Crippen LogP contribution in [0.3, 0.4) is 0 Å². The van der Waals surface area contributed by atoms with E-state index < -0.39 is 46.5 Å². The van der Waals surface area contributed by atoms with E-state index in [-0.39, 0.29) is 28.3 Å². The average Bonchev–Trinajstić information content (AvgIpc) is 3.15. The van der Waals surface area contributed by atoms with Crippen LogP contribution < -0.4 is 10.6 Å². The largest absolute Gasteiger partial charge is 0.404 e. The van der Waals surface area contributed by atoms with Crippen molar-refractivity contribution in [2.24, 2.45) is 0 Å². The van der Waals surface area contributed by atoms with Gasteiger partial charge in [0.1, 0.15) is 16.9 Å². The summed E-state index contributed by atoms with van der Waals surface area (Å²) in [5.41, 5.74) is -0.645. The Morgan fingerprint density at radius 3 is 2.55 bits per heavy atom. The van der Waals surface area contributed by atoms with E-state index in [2.05, 4.69) is 10.6 Å². The molecule has 1 fully saturated rings. The molecule has 0 bridgehead atoms. The fraction of sp³-hybridized carbons (Fsp3) is 0.263. The van der Waals surface area contributed by atoms with Crippen LogP contribution in [0, 0.1) is 27.3 Å². The van der Waals surface area contributed by atoms with Gasteiger partial charge in [-0.1, -0.05) is 17.7 Å². The van der Waals surface area contributed by atoms with Gasteiger partial charge in [-0.05, 0) is 36.2 Å². The second kappa shape index (κ2) is 8.49. The zero-order valence-corrected chi connectivity index (χ0v) is 16.2. The van der Waals surface area contributed by atoms with Gasteiger partial charge in [0.2, 0.25) is 5.91 Å². The highest BCUT2D eigenvalue weighted by atomic mass is 35.5. The summed E-state index contributed by atoms with van der Waals surface area (Å²) in [5, 5.41) is 23.7. The molecule has 1 aliphatic heterocycles. The highest BCUT2D eigenvalue weighted by Crippen LogP contribution is 2.41. The molecule has 1 unspecified atom stereocenters. The van der Waals surface area contributed by atoms with Crippen LogP contribution in [0.25, 0.3) is 0 Å². The molecule has 0 saturated carbocycles. The molecule has 1 amide bonds. The van der Waals surface area contributed by atoms with Crippen LogP contribution in [0.2, 0.25) is 5.02 Å². The zero-order valence-electron chi connectivity index (χ0n) is 15.4. The van der Waals surface area contributed by atoms with Crippen molar-refractivity contribution in [3.05, 3.63) is 68.5 Å². The van der Waals surface area contributed by atoms with E-state index in [1.54, 1.807) is 6.07 Å². The summed E-state index contributed by atoms with van der Waals surface area (Å²) in [6.07, 6.45) is -5.03. The molecule has 162 valence electrons. The van der Waals surface area contributed by atoms with Gasteiger partial charge in [-0.15, -0.1) is 0 Å². The van der Waals surface area contributed by atoms with Crippen LogP contribution in [-0.2, 0) is 4.79 Å². The van der Waals surface area contributed by atoms with Crippen LogP contribution in [0.1, 0.15) is 23.5 Å². The van der Waals surface area contributed by atoms with Crippen molar-refractivity contribution in [2.75, 3.05) is 5.32 Å². The van der Waals surface area contributed by atoms with Crippen molar-refractivity contribution < 1.29 is 27.3 Å². The number of nitro benzene ring substituents is 1. The van der Waals surface area contributed by atoms with Crippen LogP contribution >= 0.6 is 11.6 Å². The number of carbonyl (C=O) groups is 1. The molecule has 1 aliphatic rings. The summed E-state index contributed by atoms with van der Waals surface area (Å²) in [6, 6.07) is 4.80. The van der Waals surface area contributed by atoms with Crippen molar-refractivity contribution in [3.8, 4) is 6.07 Å². The van der Waals surface area contributed by atoms with E-state index in [0.717, 1.165) is 30.3 Å². The number of carbonyl (C=O) groups excluding carboxylic acids is 1. The Labute approximate surface area is 177 Å². The minimum absolute atomic E-state index is 0.0155. The Balaban J connectivity index is 1.84. The van der Waals surface area contributed by atoms with Crippen molar-refractivity contribution in [1.29, 1.82) is 5.26 Å². The number of amides is 1. The Kier molecular flexibility index (Phi) is 6.15. The Morgan fingerprint density at radius 2 is 2.00 bits per heavy atom. The summed E-state index contributed by atoms with van der Waals surface area (Å²) >= 11 is 5.83. The molecule has 2 aromatic rings. The smallest absolute Gasteiger partial charge is 0.322 e. The fourth-order valence-corrected chi connectivity index (χ4v) is 3.69. The van der Waals surface area contributed by atoms with E-state index in [4.69, 9.17) is 16.9 Å². The summed E-state index contributed by atoms with van der Waals surface area (Å²) in [5.74, 6) is -3.05. The second-order valence-electron chi connectivity index (χ2n) is 6.84. The minimum atomic E-state index is -4.73. The lowest BCUT2D eigenvalue weighted by Gasteiger charge is -2.22. The maximum absolute atomic E-state index is 14.0. The first-order valence-corrected chi connectivity index (χ1v) is 9.16. The van der Waals surface area contributed by atoms with Gasteiger partial charge in [0.15, 0.2) is 0 Å². The number of halogens is 5. The van der Waals surface area contributed by atoms with E-state index in [9.17, 15) is 32.5 Å². The topological polar surface area (TPSA) is 108 Å². The molecule has 3 atom stereocenters. The number of hydrogen-bond donors (Lipinski definition) is 2. The molecular formula is C19H13ClF4N4O3. The first-order valence-electron chi connectivity index (χ1n) is 8.78. The Morgan fingerprint density at radius 1 is 1.29 bits per heavy atom. The van der Waals surface area contributed by atoms with Gasteiger partial charge < -0.3 is 5.32 Å². The monoisotopic (exact) mass is 456 g/mol. The third kappa shape index (κ3) is 4.76. The number of anilines is 1. The number of alkyl halides is 3. The lowest BCUT2D eigenvalue weighted by Crippen LogP contribution is -2.46. The molecule has 2 aromatic carbocycles. The van der Waals surface area contributed by atoms with Crippen LogP contribution in [0.5, 0.6) is 0 Å². The third-order valence-corrected chi connectivity index (χ3v) is 5.20. The van der Waals surface area contributed by atoms with Crippen LogP contribution in [-0.4, -0.2) is 29.1 Å². The van der Waals surface area contributed by atoms with E-state index >= 15 is 0 Å². The Bertz CT molecular complexity index is 1090. The molecule has 3 rings (SSSR count). The van der Waals surface area contributed by atoms with Crippen molar-refractivity contribution >= 4 is 28.9 Å². The number of rotatable bonds is 4. The van der Waals surface area contributed by atoms with E-state index in [1.807, 2.05) is 0 Å². The lowest BCUT2D eigenvalue weighted by atomic mass is 9.90. The molecule has 1 heterocycles. The van der Waals surface area contributed by atoms with Gasteiger partial charge in [-0.3, -0.25) is 20.2 Å². The zero-order chi connectivity index (χ0) is 22.9. The number of nitrogens with one attached hydrogen (secondary N) is 2. The van der Waals surface area contributed by atoms with Gasteiger partial charge >= 0.3 is 6.18 Å². The summed E-state index contributed by atoms with van der Waals surface area (Å²) in [7, 11) is 0.